The van der Waals surface area contributed by atoms with Gasteiger partial charge in [0.1, 0.15) is 5.69 Å². The molecule has 0 spiro atoms. The van der Waals surface area contributed by atoms with Crippen molar-refractivity contribution in [3.05, 3.63) is 42.7 Å². The number of anilines is 1. The summed E-state index contributed by atoms with van der Waals surface area (Å²) < 4.78 is 5.38. The van der Waals surface area contributed by atoms with Gasteiger partial charge in [-0.1, -0.05) is 24.3 Å². The van der Waals surface area contributed by atoms with Crippen LogP contribution in [-0.4, -0.2) is 17.2 Å². The van der Waals surface area contributed by atoms with Crippen LogP contribution in [0, 0.1) is 0 Å². The smallest absolute Gasteiger partial charge is 0.156 e. The molecule has 0 aliphatic carbocycles. The van der Waals surface area contributed by atoms with Gasteiger partial charge in [-0.05, 0) is 12.1 Å². The van der Waals surface area contributed by atoms with Crippen LogP contribution in [0.2, 0.25) is 0 Å². The summed E-state index contributed by atoms with van der Waals surface area (Å²) in [4.78, 5) is 0. The second kappa shape index (κ2) is 3.90. The number of benzene rings is 1. The normalized spacial score (nSPS) is 10.6. The average Bonchev–Trinajstić information content (AvgIpc) is 2.91. The third-order valence-corrected chi connectivity index (χ3v) is 2.68. The van der Waals surface area contributed by atoms with Crippen LogP contribution in [0.5, 0.6) is 0 Å². The Kier molecular flexibility index (Phi) is 2.26. The molecule has 2 aromatic heterocycles. The summed E-state index contributed by atoms with van der Waals surface area (Å²) in [5.74, 6) is 1.51. The zero-order valence-electron chi connectivity index (χ0n) is 9.34. The van der Waals surface area contributed by atoms with Crippen LogP contribution in [0.3, 0.4) is 0 Å². The van der Waals surface area contributed by atoms with Crippen molar-refractivity contribution in [2.75, 3.05) is 12.4 Å². The monoisotopic (exact) mass is 225 g/mol. The van der Waals surface area contributed by atoms with Crippen molar-refractivity contribution in [1.29, 1.82) is 0 Å². The fraction of sp³-hybridized carbons (Fsp3) is 0.0769. The Morgan fingerprint density at radius 3 is 2.53 bits per heavy atom. The highest BCUT2D eigenvalue weighted by atomic mass is 16.3. The average molecular weight is 225 g/mol. The van der Waals surface area contributed by atoms with E-state index in [0.29, 0.717) is 0 Å². The molecule has 0 bridgehead atoms. The van der Waals surface area contributed by atoms with Crippen LogP contribution in [0.1, 0.15) is 0 Å². The quantitative estimate of drug-likeness (QED) is 0.728. The Hall–Kier alpha value is -2.36. The van der Waals surface area contributed by atoms with Crippen molar-refractivity contribution in [2.45, 2.75) is 0 Å². The number of hydrogen-bond donors (Lipinski definition) is 1. The molecule has 84 valence electrons. The topological polar surface area (TPSA) is 51.0 Å². The maximum absolute atomic E-state index is 5.38. The van der Waals surface area contributed by atoms with Gasteiger partial charge in [-0.15, -0.1) is 10.2 Å². The maximum atomic E-state index is 5.38. The highest BCUT2D eigenvalue weighted by Crippen LogP contribution is 2.29. The molecular weight excluding hydrogens is 214 g/mol. The molecule has 0 unspecified atom stereocenters. The molecule has 1 N–H and O–H groups in total. The summed E-state index contributed by atoms with van der Waals surface area (Å²) in [5, 5.41) is 13.5. The molecule has 0 aliphatic rings. The van der Waals surface area contributed by atoms with Gasteiger partial charge >= 0.3 is 0 Å². The summed E-state index contributed by atoms with van der Waals surface area (Å²) >= 11 is 0. The number of hydrogen-bond acceptors (Lipinski definition) is 4. The van der Waals surface area contributed by atoms with Gasteiger partial charge in [0.2, 0.25) is 0 Å². The van der Waals surface area contributed by atoms with E-state index in [1.54, 1.807) is 6.26 Å². The molecule has 0 aliphatic heterocycles. The lowest BCUT2D eigenvalue weighted by Gasteiger charge is -2.06. The van der Waals surface area contributed by atoms with Gasteiger partial charge in [-0.25, -0.2) is 0 Å². The van der Waals surface area contributed by atoms with Crippen molar-refractivity contribution in [2.24, 2.45) is 0 Å². The molecule has 4 heteroatoms. The van der Waals surface area contributed by atoms with E-state index in [9.17, 15) is 0 Å². The summed E-state index contributed by atoms with van der Waals surface area (Å²) in [6.07, 6.45) is 1.64. The van der Waals surface area contributed by atoms with Crippen LogP contribution < -0.4 is 5.32 Å². The molecule has 0 saturated heterocycles. The molecule has 17 heavy (non-hydrogen) atoms. The predicted molar refractivity (Wildman–Crippen MR) is 66.8 cm³/mol. The lowest BCUT2D eigenvalue weighted by molar-refractivity contribution is 0.579. The van der Waals surface area contributed by atoms with Crippen LogP contribution in [-0.2, 0) is 0 Å². The van der Waals surface area contributed by atoms with E-state index in [4.69, 9.17) is 4.42 Å². The number of rotatable bonds is 2. The fourth-order valence-corrected chi connectivity index (χ4v) is 1.88. The molecule has 3 rings (SSSR count). The highest BCUT2D eigenvalue weighted by molar-refractivity contribution is 5.99. The maximum Gasteiger partial charge on any atom is 0.156 e. The Balaban J connectivity index is 2.34. The van der Waals surface area contributed by atoms with Crippen molar-refractivity contribution in [3.8, 4) is 11.5 Å². The summed E-state index contributed by atoms with van der Waals surface area (Å²) in [6, 6.07) is 11.7. The predicted octanol–water partition coefficient (Wildman–Crippen LogP) is 2.93. The van der Waals surface area contributed by atoms with Crippen LogP contribution >= 0.6 is 0 Å². The number of furan rings is 1. The van der Waals surface area contributed by atoms with E-state index in [1.807, 2.05) is 43.4 Å². The molecular formula is C13H11N3O. The third kappa shape index (κ3) is 1.54. The van der Waals surface area contributed by atoms with E-state index < -0.39 is 0 Å². The van der Waals surface area contributed by atoms with Crippen LogP contribution in [0.4, 0.5) is 5.82 Å². The summed E-state index contributed by atoms with van der Waals surface area (Å²) in [5.41, 5.74) is 0.768. The van der Waals surface area contributed by atoms with E-state index in [-0.39, 0.29) is 0 Å². The first-order valence-corrected chi connectivity index (χ1v) is 5.37. The zero-order valence-corrected chi connectivity index (χ0v) is 9.34. The van der Waals surface area contributed by atoms with Crippen molar-refractivity contribution < 1.29 is 4.42 Å². The highest BCUT2D eigenvalue weighted by Gasteiger charge is 2.11. The molecule has 0 amide bonds. The standard InChI is InChI=1S/C13H11N3O/c1-14-13-10-6-3-2-5-9(10)12(15-16-13)11-7-4-8-17-11/h2-8H,1H3,(H,14,16). The minimum Gasteiger partial charge on any atom is -0.463 e. The van der Waals surface area contributed by atoms with E-state index in [1.165, 1.54) is 0 Å². The largest absolute Gasteiger partial charge is 0.463 e. The van der Waals surface area contributed by atoms with E-state index >= 15 is 0 Å². The van der Waals surface area contributed by atoms with Gasteiger partial charge in [0.15, 0.2) is 11.6 Å². The molecule has 1 aromatic carbocycles. The molecule has 0 saturated carbocycles. The van der Waals surface area contributed by atoms with Crippen molar-refractivity contribution >= 4 is 16.6 Å². The lowest BCUT2D eigenvalue weighted by atomic mass is 10.1. The van der Waals surface area contributed by atoms with Gasteiger partial charge in [0, 0.05) is 17.8 Å². The van der Waals surface area contributed by atoms with E-state index in [2.05, 4.69) is 15.5 Å². The molecule has 0 fully saturated rings. The van der Waals surface area contributed by atoms with Gasteiger partial charge < -0.3 is 9.73 Å². The number of nitrogens with zero attached hydrogens (tertiary/aromatic N) is 2. The molecule has 3 aromatic rings. The third-order valence-electron chi connectivity index (χ3n) is 2.68. The Labute approximate surface area is 98.3 Å². The first kappa shape index (κ1) is 9.84. The summed E-state index contributed by atoms with van der Waals surface area (Å²) in [6.45, 7) is 0. The van der Waals surface area contributed by atoms with Gasteiger partial charge in [-0.2, -0.15) is 0 Å². The Morgan fingerprint density at radius 2 is 1.82 bits per heavy atom. The van der Waals surface area contributed by atoms with E-state index in [0.717, 1.165) is 28.0 Å². The number of nitrogens with one attached hydrogen (secondary N) is 1. The molecule has 0 atom stereocenters. The first-order chi connectivity index (χ1) is 8.40. The molecule has 0 radical (unpaired) electrons. The number of fused-ring (bicyclic) bond motifs is 1. The molecule has 2 heterocycles. The zero-order chi connectivity index (χ0) is 11.7. The minimum absolute atomic E-state index is 0.733. The van der Waals surface area contributed by atoms with Gasteiger partial charge in [-0.3, -0.25) is 0 Å². The second-order valence-corrected chi connectivity index (χ2v) is 3.67. The first-order valence-electron chi connectivity index (χ1n) is 5.37. The van der Waals surface area contributed by atoms with Gasteiger partial charge in [0.25, 0.3) is 0 Å². The van der Waals surface area contributed by atoms with Crippen LogP contribution in [0.15, 0.2) is 47.1 Å². The lowest BCUT2D eigenvalue weighted by Crippen LogP contribution is -1.97. The van der Waals surface area contributed by atoms with Crippen molar-refractivity contribution in [1.82, 2.24) is 10.2 Å². The second-order valence-electron chi connectivity index (χ2n) is 3.67. The SMILES string of the molecule is CNc1nnc(-c2ccco2)c2ccccc12. The number of aromatic nitrogens is 2. The van der Waals surface area contributed by atoms with Gasteiger partial charge in [0.05, 0.1) is 6.26 Å². The Morgan fingerprint density at radius 1 is 1.00 bits per heavy atom. The summed E-state index contributed by atoms with van der Waals surface area (Å²) in [7, 11) is 1.84. The van der Waals surface area contributed by atoms with Crippen LogP contribution in [0.25, 0.3) is 22.2 Å². The minimum atomic E-state index is 0.733. The van der Waals surface area contributed by atoms with Crippen molar-refractivity contribution in [3.63, 3.8) is 0 Å². The fourth-order valence-electron chi connectivity index (χ4n) is 1.88. The molecule has 4 nitrogen and oxygen atoms in total. The Bertz CT molecular complexity index is 647.